The summed E-state index contributed by atoms with van der Waals surface area (Å²) in [6.45, 7) is 19.6. The summed E-state index contributed by atoms with van der Waals surface area (Å²) < 4.78 is 5.88. The number of esters is 1. The lowest BCUT2D eigenvalue weighted by molar-refractivity contribution is -0.150. The molecule has 86 heavy (non-hydrogen) atoms. The van der Waals surface area contributed by atoms with Crippen LogP contribution in [0, 0.1) is 29.6 Å². The number of nitrogens with one attached hydrogen (secondary N) is 6. The topological polar surface area (TPSA) is 338 Å². The van der Waals surface area contributed by atoms with E-state index in [0.29, 0.717) is 60.8 Å². The fraction of sp³-hybridized carbons (Fsp3) is 0.639. The number of rotatable bonds is 35. The summed E-state index contributed by atoms with van der Waals surface area (Å²) in [6, 6.07) is 1.38. The predicted octanol–water partition coefficient (Wildman–Crippen LogP) is 5.22. The first kappa shape index (κ1) is 71.2. The number of amides is 10. The van der Waals surface area contributed by atoms with Crippen molar-refractivity contribution in [2.45, 2.75) is 189 Å². The van der Waals surface area contributed by atoms with Crippen molar-refractivity contribution in [3.8, 4) is 0 Å². The van der Waals surface area contributed by atoms with Crippen molar-refractivity contribution in [2.75, 3.05) is 38.5 Å². The van der Waals surface area contributed by atoms with Gasteiger partial charge in [0.1, 0.15) is 28.8 Å². The molecule has 0 saturated carbocycles. The van der Waals surface area contributed by atoms with Gasteiger partial charge in [0.25, 0.3) is 17.7 Å². The maximum absolute atomic E-state index is 14.7. The number of carboxylic acid groups (broad SMARTS) is 1. The number of nitrogens with two attached hydrogens (primary N) is 1. The molecule has 2 aromatic rings. The van der Waals surface area contributed by atoms with Crippen molar-refractivity contribution in [1.29, 1.82) is 0 Å². The molecule has 1 fully saturated rings. The number of hydrogen-bond acceptors (Lipinski definition) is 15. The molecule has 2 aliphatic rings. The molecule has 10 amide bonds. The number of primary amides is 1. The maximum atomic E-state index is 14.7. The van der Waals surface area contributed by atoms with Crippen LogP contribution < -0.4 is 37.6 Å². The quantitative estimate of drug-likeness (QED) is 0.0249. The van der Waals surface area contributed by atoms with Gasteiger partial charge in [0.2, 0.25) is 29.5 Å². The van der Waals surface area contributed by atoms with Crippen molar-refractivity contribution in [3.63, 3.8) is 0 Å². The summed E-state index contributed by atoms with van der Waals surface area (Å²) in [7, 11) is 1.93. The number of piperidine rings is 1. The number of likely N-dealkylation sites (N-methyl/N-ethyl adjacent to an activating group) is 2. The average molecular weight is 1220 g/mol. The number of aromatic nitrogens is 1. The van der Waals surface area contributed by atoms with E-state index in [2.05, 4.69) is 43.8 Å². The molecule has 2 aliphatic heterocycles. The first-order chi connectivity index (χ1) is 40.6. The Morgan fingerprint density at radius 3 is 2.12 bits per heavy atom. The molecule has 25 heteroatoms. The summed E-state index contributed by atoms with van der Waals surface area (Å²) in [5.74, 6) is -6.23. The van der Waals surface area contributed by atoms with Crippen LogP contribution in [0.1, 0.15) is 167 Å². The Balaban J connectivity index is 1.46. The molecule has 1 aromatic heterocycles. The zero-order valence-electron chi connectivity index (χ0n) is 51.9. The molecular weight excluding hydrogens is 1130 g/mol. The molecule has 0 spiro atoms. The van der Waals surface area contributed by atoms with Crippen LogP contribution in [0.15, 0.2) is 41.8 Å². The van der Waals surface area contributed by atoms with Gasteiger partial charge >= 0.3 is 18.0 Å². The smallest absolute Gasteiger partial charge is 0.312 e. The highest BCUT2D eigenvalue weighted by molar-refractivity contribution is 7.09. The standard InChI is InChI=1S/C61H93N11O13S/c1-12-38(8)53(69-56(79)47-30-37(7)26-29-70(47)11)59(81)71(13-2)46(35(3)4)33-48(85-40(10)73)58-67-45(34-86-58)55(78)65-43(31-39(9)60(82)83)32-41-20-22-42(23-21-41)64-54(77)44(18-17-27-63-61(62)84)66-57(80)52(36(5)6)68-49(74)19-15-14-16-28-72-50(75)24-25-51(72)76/h20-25,34-39,43-44,46-48,52-53H,12-19,26-33H2,1-11H3,(H,64,77)(H,65,78)(H,66,80)(H,68,74)(H,69,79)(H,82,83)(H3,62,63,84)/t37-,38+,39+,43-,44+,46-,47-,48-,52+,53+/m1/s1. The third-order valence-electron chi connectivity index (χ3n) is 16.0. The fourth-order valence-corrected chi connectivity index (χ4v) is 11.4. The van der Waals surface area contributed by atoms with Gasteiger partial charge in [0, 0.05) is 74.7 Å². The van der Waals surface area contributed by atoms with Crippen LogP contribution in [-0.4, -0.2) is 159 Å². The number of carbonyl (C=O) groups excluding carboxylic acids is 10. The molecular formula is C61H93N11O13S. The van der Waals surface area contributed by atoms with E-state index in [9.17, 15) is 57.8 Å². The number of thiazole rings is 1. The van der Waals surface area contributed by atoms with Gasteiger partial charge in [0.05, 0.1) is 12.0 Å². The number of unbranched alkanes of at least 4 members (excludes halogenated alkanes) is 2. The normalized spacial score (nSPS) is 18.0. The average Bonchev–Trinajstić information content (AvgIpc) is 3.82. The minimum Gasteiger partial charge on any atom is -0.481 e. The van der Waals surface area contributed by atoms with Gasteiger partial charge < -0.3 is 52.4 Å². The number of benzene rings is 1. The zero-order valence-corrected chi connectivity index (χ0v) is 52.7. The van der Waals surface area contributed by atoms with Crippen molar-refractivity contribution in [2.24, 2.45) is 35.3 Å². The summed E-state index contributed by atoms with van der Waals surface area (Å²) >= 11 is 1.11. The number of ether oxygens (including phenoxy) is 1. The van der Waals surface area contributed by atoms with Crippen LogP contribution in [0.25, 0.3) is 0 Å². The number of carboxylic acids is 1. The lowest BCUT2D eigenvalue weighted by Gasteiger charge is -2.40. The van der Waals surface area contributed by atoms with Crippen molar-refractivity contribution in [3.05, 3.63) is 58.1 Å². The molecule has 1 aromatic carbocycles. The van der Waals surface area contributed by atoms with Gasteiger partial charge in [-0.25, -0.2) is 9.78 Å². The van der Waals surface area contributed by atoms with Crippen LogP contribution in [0.2, 0.25) is 0 Å². The maximum Gasteiger partial charge on any atom is 0.312 e. The Hall–Kier alpha value is -7.28. The fourth-order valence-electron chi connectivity index (χ4n) is 10.6. The molecule has 0 aliphatic carbocycles. The lowest BCUT2D eigenvalue weighted by atomic mass is 9.90. The van der Waals surface area contributed by atoms with E-state index in [4.69, 9.17) is 10.5 Å². The first-order valence-electron chi connectivity index (χ1n) is 30.2. The summed E-state index contributed by atoms with van der Waals surface area (Å²) in [5.41, 5.74) is 6.27. The van der Waals surface area contributed by atoms with Gasteiger partial charge in [-0.2, -0.15) is 0 Å². The van der Waals surface area contributed by atoms with Crippen molar-refractivity contribution >= 4 is 82.3 Å². The van der Waals surface area contributed by atoms with E-state index in [1.54, 1.807) is 43.0 Å². The number of anilines is 1. The van der Waals surface area contributed by atoms with Gasteiger partial charge in [0.15, 0.2) is 6.10 Å². The minimum atomic E-state index is -1.12. The Morgan fingerprint density at radius 1 is 0.849 bits per heavy atom. The van der Waals surface area contributed by atoms with E-state index in [-0.39, 0.29) is 105 Å². The number of hydrogen-bond donors (Lipinski definition) is 8. The number of likely N-dealkylation sites (tertiary alicyclic amines) is 1. The Bertz CT molecular complexity index is 2680. The third kappa shape index (κ3) is 22.2. The SMILES string of the molecule is CC[C@H](C)[C@H](NC(=O)[C@H]1C[C@H](C)CCN1C)C(=O)N(CC)[C@H](C[C@@H](OC(C)=O)c1nc(C(=O)N[C@@H](Cc2ccc(NC(=O)[C@H](CCCNC(N)=O)NC(=O)[C@@H](NC(=O)CCCCCN3C(=O)C=CC3=O)C(C)C)cc2)C[C@H](C)C(=O)O)cs1)C(C)C. The van der Waals surface area contributed by atoms with E-state index in [0.717, 1.165) is 29.2 Å². The molecule has 0 unspecified atom stereocenters. The Labute approximate surface area is 509 Å². The molecule has 1 saturated heterocycles. The molecule has 24 nitrogen and oxygen atoms in total. The second kappa shape index (κ2) is 34.8. The predicted molar refractivity (Wildman–Crippen MR) is 325 cm³/mol. The second-order valence-electron chi connectivity index (χ2n) is 23.6. The largest absolute Gasteiger partial charge is 0.481 e. The minimum absolute atomic E-state index is 0.00577. The number of imide groups is 1. The summed E-state index contributed by atoms with van der Waals surface area (Å²) in [4.78, 5) is 153. The number of nitrogens with zero attached hydrogens (tertiary/aromatic N) is 4. The molecule has 9 N–H and O–H groups in total. The monoisotopic (exact) mass is 1220 g/mol. The van der Waals surface area contributed by atoms with Crippen LogP contribution in [-0.2, 0) is 54.3 Å². The van der Waals surface area contributed by atoms with Gasteiger partial charge in [-0.15, -0.1) is 11.3 Å². The molecule has 10 atom stereocenters. The van der Waals surface area contributed by atoms with Gasteiger partial charge in [-0.1, -0.05) is 80.4 Å². The van der Waals surface area contributed by atoms with Crippen molar-refractivity contribution < 1.29 is 62.6 Å². The zero-order chi connectivity index (χ0) is 63.9. The third-order valence-corrected chi connectivity index (χ3v) is 16.9. The highest BCUT2D eigenvalue weighted by atomic mass is 32.1. The first-order valence-corrected chi connectivity index (χ1v) is 31.1. The van der Waals surface area contributed by atoms with Crippen LogP contribution in [0.3, 0.4) is 0 Å². The summed E-state index contributed by atoms with van der Waals surface area (Å²) in [6.07, 6.45) is 6.04. The van der Waals surface area contributed by atoms with E-state index in [1.807, 2.05) is 46.6 Å². The Morgan fingerprint density at radius 2 is 1.52 bits per heavy atom. The van der Waals surface area contributed by atoms with Crippen LogP contribution in [0.4, 0.5) is 10.5 Å². The van der Waals surface area contributed by atoms with Gasteiger partial charge in [-0.05, 0) is 113 Å². The highest BCUT2D eigenvalue weighted by Crippen LogP contribution is 2.32. The van der Waals surface area contributed by atoms with Gasteiger partial charge in [-0.3, -0.25) is 57.7 Å². The number of carbonyl (C=O) groups is 11. The van der Waals surface area contributed by atoms with Crippen LogP contribution >= 0.6 is 11.3 Å². The molecule has 0 radical (unpaired) electrons. The number of aliphatic carboxylic acids is 1. The van der Waals surface area contributed by atoms with Crippen LogP contribution in [0.5, 0.6) is 0 Å². The van der Waals surface area contributed by atoms with E-state index >= 15 is 0 Å². The molecule has 4 rings (SSSR count). The highest BCUT2D eigenvalue weighted by Gasteiger charge is 2.39. The second-order valence-corrected chi connectivity index (χ2v) is 24.5. The molecule has 3 heterocycles. The summed E-state index contributed by atoms with van der Waals surface area (Å²) in [5, 5.41) is 28.7. The molecule has 476 valence electrons. The lowest BCUT2D eigenvalue weighted by Crippen LogP contribution is -2.59. The van der Waals surface area contributed by atoms with E-state index < -0.39 is 83.8 Å². The van der Waals surface area contributed by atoms with E-state index in [1.165, 1.54) is 31.4 Å². The molecule has 0 bridgehead atoms. The van der Waals surface area contributed by atoms with Crippen molar-refractivity contribution in [1.82, 2.24) is 46.3 Å². The number of urea groups is 1. The Kier molecular flexibility index (Phi) is 28.8.